The molecule has 0 saturated heterocycles. The zero-order chi connectivity index (χ0) is 34.8. The second-order valence-corrected chi connectivity index (χ2v) is 10.2. The molecule has 18 heteroatoms. The monoisotopic (exact) mass is 664 g/mol. The molecule has 48 heavy (non-hydrogen) atoms. The van der Waals surface area contributed by atoms with Gasteiger partial charge in [-0.3, -0.25) is 19.4 Å². The summed E-state index contributed by atoms with van der Waals surface area (Å²) in [6, 6.07) is 9.38. The molecular formula is C30H28N6O12. The number of hydrogen-bond donors (Lipinski definition) is 6. The number of carbonyl (C=O) groups is 4. The van der Waals surface area contributed by atoms with E-state index in [0.717, 1.165) is 24.3 Å². The maximum absolute atomic E-state index is 11.6. The molecule has 4 aromatic rings. The third-order valence-corrected chi connectivity index (χ3v) is 6.46. The van der Waals surface area contributed by atoms with Crippen molar-refractivity contribution in [3.8, 4) is 34.8 Å². The zero-order valence-corrected chi connectivity index (χ0v) is 24.8. The van der Waals surface area contributed by atoms with Crippen molar-refractivity contribution in [3.63, 3.8) is 0 Å². The second-order valence-electron chi connectivity index (χ2n) is 10.2. The van der Waals surface area contributed by atoms with Crippen molar-refractivity contribution in [2.75, 3.05) is 13.1 Å². The van der Waals surface area contributed by atoms with Crippen LogP contribution in [0, 0.1) is 0 Å². The Hall–Kier alpha value is -6.40. The summed E-state index contributed by atoms with van der Waals surface area (Å²) in [5, 5.41) is 59.5. The van der Waals surface area contributed by atoms with Crippen LogP contribution < -0.4 is 9.47 Å². The van der Waals surface area contributed by atoms with Gasteiger partial charge in [-0.2, -0.15) is 0 Å². The third kappa shape index (κ3) is 10.1. The van der Waals surface area contributed by atoms with Gasteiger partial charge in [0.2, 0.25) is 11.8 Å². The number of rotatable bonds is 17. The Morgan fingerprint density at radius 3 is 1.17 bits per heavy atom. The first-order valence-electron chi connectivity index (χ1n) is 13.8. The predicted molar refractivity (Wildman–Crippen MR) is 159 cm³/mol. The highest BCUT2D eigenvalue weighted by atomic mass is 16.5. The summed E-state index contributed by atoms with van der Waals surface area (Å²) in [4.78, 5) is 64.9. The quantitative estimate of drug-likeness (QED) is 0.0867. The number of carboxylic acid groups (broad SMARTS) is 2. The van der Waals surface area contributed by atoms with Crippen LogP contribution in [0.25, 0.3) is 0 Å². The van der Waals surface area contributed by atoms with Crippen LogP contribution in [0.2, 0.25) is 0 Å². The Balaban J connectivity index is 1.68. The minimum Gasteiger partial charge on any atom is -0.508 e. The van der Waals surface area contributed by atoms with Crippen LogP contribution in [0.15, 0.2) is 48.5 Å². The first-order valence-corrected chi connectivity index (χ1v) is 13.8. The Morgan fingerprint density at radius 2 is 0.854 bits per heavy atom. The lowest BCUT2D eigenvalue weighted by Crippen LogP contribution is -2.35. The summed E-state index contributed by atoms with van der Waals surface area (Å²) < 4.78 is 9.55. The molecule has 0 bridgehead atoms. The summed E-state index contributed by atoms with van der Waals surface area (Å²) >= 11 is 0. The van der Waals surface area contributed by atoms with Gasteiger partial charge < -0.3 is 40.1 Å². The van der Waals surface area contributed by atoms with Crippen molar-refractivity contribution < 1.29 is 59.3 Å². The average Bonchev–Trinajstić information content (AvgIpc) is 2.99. The van der Waals surface area contributed by atoms with Crippen molar-refractivity contribution >= 4 is 24.9 Å². The number of ether oxygens (including phenoxy) is 2. The van der Waals surface area contributed by atoms with Crippen molar-refractivity contribution in [2.45, 2.75) is 26.2 Å². The predicted octanol–water partition coefficient (Wildman–Crippen LogP) is 1.26. The average molecular weight is 665 g/mol. The molecule has 0 aliphatic carbocycles. The molecule has 0 radical (unpaired) electrons. The molecule has 0 unspecified atom stereocenters. The Kier molecular flexibility index (Phi) is 11.3. The SMILES string of the molecule is O=COc1cc(O)cc(CN(CCN(Cc2cc(O)cc(C(=O)O)n2)Cc2cc(O)cc(C(=O)O)n2)Cc2cc(O)cc(OC=O)n2)n1. The van der Waals surface area contributed by atoms with E-state index in [9.17, 15) is 49.8 Å². The van der Waals surface area contributed by atoms with Crippen molar-refractivity contribution in [1.82, 2.24) is 29.7 Å². The summed E-state index contributed by atoms with van der Waals surface area (Å²) in [6.45, 7) is 0.381. The van der Waals surface area contributed by atoms with E-state index < -0.39 is 23.3 Å². The van der Waals surface area contributed by atoms with Gasteiger partial charge in [0.1, 0.15) is 23.0 Å². The Morgan fingerprint density at radius 1 is 0.542 bits per heavy atom. The van der Waals surface area contributed by atoms with Gasteiger partial charge in [-0.25, -0.2) is 29.5 Å². The molecule has 0 spiro atoms. The second kappa shape index (κ2) is 15.7. The lowest BCUT2D eigenvalue weighted by molar-refractivity contribution is -0.121. The van der Waals surface area contributed by atoms with Crippen LogP contribution in [0.3, 0.4) is 0 Å². The van der Waals surface area contributed by atoms with E-state index in [1.807, 2.05) is 0 Å². The lowest BCUT2D eigenvalue weighted by atomic mass is 10.2. The number of pyridine rings is 4. The number of carboxylic acids is 2. The number of hydrogen-bond acceptors (Lipinski definition) is 16. The summed E-state index contributed by atoms with van der Waals surface area (Å²) in [5.41, 5.74) is -0.0289. The molecule has 0 fully saturated rings. The van der Waals surface area contributed by atoms with Gasteiger partial charge >= 0.3 is 11.9 Å². The molecule has 0 saturated carbocycles. The maximum Gasteiger partial charge on any atom is 0.354 e. The highest BCUT2D eigenvalue weighted by Gasteiger charge is 2.19. The van der Waals surface area contributed by atoms with Crippen molar-refractivity contribution in [3.05, 3.63) is 82.7 Å². The Bertz CT molecular complexity index is 1690. The number of aromatic nitrogens is 4. The number of aromatic hydroxyl groups is 4. The van der Waals surface area contributed by atoms with Crippen molar-refractivity contribution in [1.29, 1.82) is 0 Å². The molecule has 4 aromatic heterocycles. The van der Waals surface area contributed by atoms with E-state index in [1.54, 1.807) is 9.80 Å². The molecule has 18 nitrogen and oxygen atoms in total. The normalized spacial score (nSPS) is 11.0. The van der Waals surface area contributed by atoms with Crippen LogP contribution in [0.1, 0.15) is 43.8 Å². The van der Waals surface area contributed by atoms with Crippen LogP contribution in [0.5, 0.6) is 34.8 Å². The Labute approximate surface area is 270 Å². The largest absolute Gasteiger partial charge is 0.508 e. The molecule has 0 aliphatic heterocycles. The van der Waals surface area contributed by atoms with Gasteiger partial charge in [0, 0.05) is 87.8 Å². The van der Waals surface area contributed by atoms with E-state index in [1.165, 1.54) is 24.3 Å². The fraction of sp³-hybridized carbons (Fsp3) is 0.200. The minimum atomic E-state index is -1.38. The minimum absolute atomic E-state index is 0.000259. The standard InChI is InChI=1S/C30H28N6O12/c37-15-47-27-9-23(41)5-19(33-27)13-36(14-20-6-24(42)10-28(34-20)48-16-38)2-1-35(11-17-3-21(39)7-25(31-17)29(43)44)12-18-4-22(40)8-26(32-18)30(45)46/h3-10,15-16H,1-2,11-14H2,(H,31,39)(H,32,40)(H,33,41)(H,34,42)(H,43,44)(H,45,46). The molecular weight excluding hydrogens is 636 g/mol. The highest BCUT2D eigenvalue weighted by molar-refractivity contribution is 5.86. The van der Waals surface area contributed by atoms with Crippen LogP contribution in [-0.2, 0) is 35.8 Å². The van der Waals surface area contributed by atoms with E-state index in [4.69, 9.17) is 9.47 Å². The smallest absolute Gasteiger partial charge is 0.354 e. The molecule has 0 aliphatic rings. The van der Waals surface area contributed by atoms with E-state index in [-0.39, 0.29) is 110 Å². The summed E-state index contributed by atoms with van der Waals surface area (Å²) in [5.74, 6) is -4.30. The van der Waals surface area contributed by atoms with Crippen molar-refractivity contribution in [2.24, 2.45) is 0 Å². The topological polar surface area (TPSA) is 266 Å². The first-order chi connectivity index (χ1) is 22.9. The third-order valence-electron chi connectivity index (χ3n) is 6.46. The van der Waals surface area contributed by atoms with Gasteiger partial charge in [-0.05, 0) is 0 Å². The maximum atomic E-state index is 11.6. The highest BCUT2D eigenvalue weighted by Crippen LogP contribution is 2.23. The number of nitrogens with zero attached hydrogens (tertiary/aromatic N) is 6. The molecule has 4 heterocycles. The lowest BCUT2D eigenvalue weighted by Gasteiger charge is -2.27. The molecule has 0 amide bonds. The van der Waals surface area contributed by atoms with Gasteiger partial charge in [-0.1, -0.05) is 0 Å². The first kappa shape index (κ1) is 34.5. The van der Waals surface area contributed by atoms with Crippen LogP contribution in [0.4, 0.5) is 0 Å². The fourth-order valence-electron chi connectivity index (χ4n) is 4.62. The summed E-state index contributed by atoms with van der Waals surface area (Å²) in [7, 11) is 0. The molecule has 0 aromatic carbocycles. The summed E-state index contributed by atoms with van der Waals surface area (Å²) in [6.07, 6.45) is 0. The van der Waals surface area contributed by atoms with Gasteiger partial charge in [0.05, 0.1) is 22.8 Å². The van der Waals surface area contributed by atoms with E-state index >= 15 is 0 Å². The fourth-order valence-corrected chi connectivity index (χ4v) is 4.62. The molecule has 4 rings (SSSR count). The number of carbonyl (C=O) groups excluding carboxylic acids is 2. The van der Waals surface area contributed by atoms with Crippen LogP contribution in [-0.4, -0.2) is 98.3 Å². The van der Waals surface area contributed by atoms with E-state index in [0.29, 0.717) is 0 Å². The van der Waals surface area contributed by atoms with Crippen LogP contribution >= 0.6 is 0 Å². The molecule has 250 valence electrons. The van der Waals surface area contributed by atoms with Gasteiger partial charge in [-0.15, -0.1) is 0 Å². The zero-order valence-electron chi connectivity index (χ0n) is 24.8. The number of aromatic carboxylic acids is 2. The molecule has 0 atom stereocenters. The van der Waals surface area contributed by atoms with E-state index in [2.05, 4.69) is 19.9 Å². The molecule has 6 N–H and O–H groups in total. The van der Waals surface area contributed by atoms with Gasteiger partial charge in [0.15, 0.2) is 11.4 Å². The van der Waals surface area contributed by atoms with Gasteiger partial charge in [0.25, 0.3) is 12.9 Å².